The van der Waals surface area contributed by atoms with Crippen LogP contribution in [-0.2, 0) is 21.2 Å². The summed E-state index contributed by atoms with van der Waals surface area (Å²) in [7, 11) is -4.00. The highest BCUT2D eigenvalue weighted by Gasteiger charge is 2.33. The van der Waals surface area contributed by atoms with Crippen molar-refractivity contribution in [2.45, 2.75) is 12.5 Å². The highest BCUT2D eigenvalue weighted by molar-refractivity contribution is 7.92. The molecule has 1 N–H and O–H groups in total. The summed E-state index contributed by atoms with van der Waals surface area (Å²) in [5, 5.41) is 9.47. The number of hydrogen-bond donors (Lipinski definition) is 1. The Morgan fingerprint density at radius 3 is 2.21 bits per heavy atom. The zero-order chi connectivity index (χ0) is 17.9. The van der Waals surface area contributed by atoms with Gasteiger partial charge < -0.3 is 5.11 Å². The minimum atomic E-state index is -4.00. The smallest absolute Gasteiger partial charge is 0.327 e. The molecule has 0 unspecified atom stereocenters. The molecule has 128 valence electrons. The van der Waals surface area contributed by atoms with E-state index in [9.17, 15) is 27.1 Å². The zero-order valence-electron chi connectivity index (χ0n) is 12.7. The Hall–Kier alpha value is -2.48. The van der Waals surface area contributed by atoms with E-state index >= 15 is 0 Å². The van der Waals surface area contributed by atoms with Gasteiger partial charge in [0.1, 0.15) is 17.7 Å². The van der Waals surface area contributed by atoms with Crippen LogP contribution in [-0.4, -0.2) is 31.8 Å². The molecule has 0 heterocycles. The Morgan fingerprint density at radius 1 is 1.12 bits per heavy atom. The third-order valence-electron chi connectivity index (χ3n) is 3.38. The maximum atomic E-state index is 13.8. The molecule has 0 saturated carbocycles. The summed E-state index contributed by atoms with van der Waals surface area (Å²) in [5.41, 5.74) is 0.0586. The van der Waals surface area contributed by atoms with Gasteiger partial charge in [0.25, 0.3) is 0 Å². The number of rotatable bonds is 6. The number of sulfonamides is 1. The van der Waals surface area contributed by atoms with E-state index in [1.807, 2.05) is 0 Å². The molecule has 0 aromatic heterocycles. The highest BCUT2D eigenvalue weighted by atomic mass is 32.2. The standard InChI is InChI=1S/C16H15F2NO4S/c1-24(22,23)19(13-8-6-12(17)7-9-13)15(16(20)21)10-11-4-2-3-5-14(11)18/h2-9,15H,10H2,1H3,(H,20,21)/t15-/m1/s1. The third kappa shape index (κ3) is 4.08. The normalized spacial score (nSPS) is 12.6. The molecule has 24 heavy (non-hydrogen) atoms. The lowest BCUT2D eigenvalue weighted by Gasteiger charge is -2.29. The molecule has 0 radical (unpaired) electrons. The first-order valence-corrected chi connectivity index (χ1v) is 8.76. The van der Waals surface area contributed by atoms with Gasteiger partial charge in [-0.1, -0.05) is 18.2 Å². The van der Waals surface area contributed by atoms with E-state index in [1.54, 1.807) is 0 Å². The summed E-state index contributed by atoms with van der Waals surface area (Å²) in [5.74, 6) is -2.66. The van der Waals surface area contributed by atoms with Crippen molar-refractivity contribution in [1.29, 1.82) is 0 Å². The Labute approximate surface area is 138 Å². The maximum Gasteiger partial charge on any atom is 0.327 e. The fraction of sp³-hybridized carbons (Fsp3) is 0.188. The van der Waals surface area contributed by atoms with Crippen LogP contribution in [0.4, 0.5) is 14.5 Å². The second kappa shape index (κ2) is 6.96. The van der Waals surface area contributed by atoms with Crippen molar-refractivity contribution in [3.8, 4) is 0 Å². The molecule has 0 aliphatic rings. The first kappa shape index (κ1) is 17.9. The number of hydrogen-bond acceptors (Lipinski definition) is 3. The zero-order valence-corrected chi connectivity index (χ0v) is 13.5. The molecule has 0 aliphatic carbocycles. The average Bonchev–Trinajstić information content (AvgIpc) is 2.49. The summed E-state index contributed by atoms with van der Waals surface area (Å²) < 4.78 is 51.8. The molecule has 0 amide bonds. The highest BCUT2D eigenvalue weighted by Crippen LogP contribution is 2.24. The third-order valence-corrected chi connectivity index (χ3v) is 4.56. The first-order chi connectivity index (χ1) is 11.2. The van der Waals surface area contributed by atoms with E-state index in [0.29, 0.717) is 4.31 Å². The maximum absolute atomic E-state index is 13.8. The molecule has 0 fully saturated rings. The van der Waals surface area contributed by atoms with E-state index in [-0.39, 0.29) is 17.7 Å². The van der Waals surface area contributed by atoms with E-state index in [4.69, 9.17) is 0 Å². The molecular weight excluding hydrogens is 340 g/mol. The molecule has 0 bridgehead atoms. The number of benzene rings is 2. The minimum Gasteiger partial charge on any atom is -0.480 e. The van der Waals surface area contributed by atoms with Gasteiger partial charge in [-0.25, -0.2) is 22.0 Å². The number of carboxylic acid groups (broad SMARTS) is 1. The Morgan fingerprint density at radius 2 is 1.71 bits per heavy atom. The molecule has 2 aromatic rings. The largest absolute Gasteiger partial charge is 0.480 e. The molecule has 8 heteroatoms. The summed E-state index contributed by atoms with van der Waals surface area (Å²) in [6, 6.07) is 8.32. The lowest BCUT2D eigenvalue weighted by atomic mass is 10.0. The van der Waals surface area contributed by atoms with Crippen LogP contribution in [0.15, 0.2) is 48.5 Å². The lowest BCUT2D eigenvalue weighted by molar-refractivity contribution is -0.138. The second-order valence-corrected chi connectivity index (χ2v) is 7.04. The predicted octanol–water partition coefficient (Wildman–Crippen LogP) is 2.43. The van der Waals surface area contributed by atoms with E-state index < -0.39 is 33.7 Å². The van der Waals surface area contributed by atoms with Gasteiger partial charge >= 0.3 is 5.97 Å². The van der Waals surface area contributed by atoms with Crippen LogP contribution in [0.5, 0.6) is 0 Å². The lowest BCUT2D eigenvalue weighted by Crippen LogP contribution is -2.46. The monoisotopic (exact) mass is 355 g/mol. The molecule has 5 nitrogen and oxygen atoms in total. The molecule has 0 spiro atoms. The van der Waals surface area contributed by atoms with E-state index in [0.717, 1.165) is 36.6 Å². The van der Waals surface area contributed by atoms with Crippen LogP contribution < -0.4 is 4.31 Å². The van der Waals surface area contributed by atoms with Crippen molar-refractivity contribution >= 4 is 21.7 Å². The number of anilines is 1. The molecule has 2 rings (SSSR count). The molecular formula is C16H15F2NO4S. The minimum absolute atomic E-state index is 0.0114. The topological polar surface area (TPSA) is 74.7 Å². The molecule has 0 saturated heterocycles. The Kier molecular flexibility index (Phi) is 5.18. The quantitative estimate of drug-likeness (QED) is 0.864. The van der Waals surface area contributed by atoms with Gasteiger partial charge in [-0.3, -0.25) is 4.31 Å². The summed E-state index contributed by atoms with van der Waals surface area (Å²) >= 11 is 0. The van der Waals surface area contributed by atoms with Crippen molar-refractivity contribution < 1.29 is 27.1 Å². The first-order valence-electron chi connectivity index (χ1n) is 6.91. The van der Waals surface area contributed by atoms with Crippen molar-refractivity contribution in [3.63, 3.8) is 0 Å². The van der Waals surface area contributed by atoms with Crippen LogP contribution >= 0.6 is 0 Å². The van der Waals surface area contributed by atoms with Crippen molar-refractivity contribution in [2.75, 3.05) is 10.6 Å². The fourth-order valence-corrected chi connectivity index (χ4v) is 3.46. The summed E-state index contributed by atoms with van der Waals surface area (Å²) in [6.07, 6.45) is 0.472. The van der Waals surface area contributed by atoms with Gasteiger partial charge in [0.05, 0.1) is 11.9 Å². The number of carbonyl (C=O) groups is 1. The number of halogens is 2. The van der Waals surface area contributed by atoms with Gasteiger partial charge in [-0.05, 0) is 35.9 Å². The average molecular weight is 355 g/mol. The van der Waals surface area contributed by atoms with Crippen LogP contribution in [0.2, 0.25) is 0 Å². The van der Waals surface area contributed by atoms with Crippen LogP contribution in [0, 0.1) is 11.6 Å². The summed E-state index contributed by atoms with van der Waals surface area (Å²) in [4.78, 5) is 11.6. The molecule has 2 aromatic carbocycles. The predicted molar refractivity (Wildman–Crippen MR) is 85.3 cm³/mol. The van der Waals surface area contributed by atoms with Crippen molar-refractivity contribution in [2.24, 2.45) is 0 Å². The second-order valence-electron chi connectivity index (χ2n) is 5.18. The number of nitrogens with zero attached hydrogens (tertiary/aromatic N) is 1. The van der Waals surface area contributed by atoms with Gasteiger partial charge in [0.2, 0.25) is 10.0 Å². The fourth-order valence-electron chi connectivity index (χ4n) is 2.33. The molecule has 0 aliphatic heterocycles. The number of aliphatic carboxylic acids is 1. The van der Waals surface area contributed by atoms with Gasteiger partial charge in [0.15, 0.2) is 0 Å². The summed E-state index contributed by atoms with van der Waals surface area (Å²) in [6.45, 7) is 0. The molecule has 1 atom stereocenters. The SMILES string of the molecule is CS(=O)(=O)N(c1ccc(F)cc1)[C@H](Cc1ccccc1F)C(=O)O. The Balaban J connectivity index is 2.49. The van der Waals surface area contributed by atoms with Crippen LogP contribution in [0.1, 0.15) is 5.56 Å². The van der Waals surface area contributed by atoms with Crippen LogP contribution in [0.3, 0.4) is 0 Å². The van der Waals surface area contributed by atoms with E-state index in [1.165, 1.54) is 18.2 Å². The van der Waals surface area contributed by atoms with Gasteiger partial charge in [-0.15, -0.1) is 0 Å². The Bertz CT molecular complexity index is 837. The van der Waals surface area contributed by atoms with Crippen molar-refractivity contribution in [3.05, 3.63) is 65.7 Å². The van der Waals surface area contributed by atoms with Gasteiger partial charge in [-0.2, -0.15) is 0 Å². The van der Waals surface area contributed by atoms with Crippen LogP contribution in [0.25, 0.3) is 0 Å². The van der Waals surface area contributed by atoms with E-state index in [2.05, 4.69) is 0 Å². The van der Waals surface area contributed by atoms with Gasteiger partial charge in [0, 0.05) is 6.42 Å². The number of carboxylic acids is 1. The van der Waals surface area contributed by atoms with Crippen molar-refractivity contribution in [1.82, 2.24) is 0 Å².